The van der Waals surface area contributed by atoms with Crippen LogP contribution in [0.2, 0.25) is 10.0 Å². The Bertz CT molecular complexity index is 1030. The lowest BCUT2D eigenvalue weighted by Gasteiger charge is -2.34. The summed E-state index contributed by atoms with van der Waals surface area (Å²) in [5.41, 5.74) is 0.168. The molecule has 1 amide bonds. The van der Waals surface area contributed by atoms with E-state index in [0.717, 1.165) is 25.0 Å². The van der Waals surface area contributed by atoms with Crippen molar-refractivity contribution in [2.45, 2.75) is 30.7 Å². The number of hydrogen-bond donors (Lipinski definition) is 0. The predicted molar refractivity (Wildman–Crippen MR) is 119 cm³/mol. The lowest BCUT2D eigenvalue weighted by molar-refractivity contribution is 0.0620. The summed E-state index contributed by atoms with van der Waals surface area (Å²) in [7, 11) is -3.78. The fraction of sp³-hybridized carbons (Fsp3) is 0.476. The highest BCUT2D eigenvalue weighted by atomic mass is 35.5. The number of furan rings is 1. The zero-order valence-electron chi connectivity index (χ0n) is 17.1. The quantitative estimate of drug-likeness (QED) is 0.644. The number of carbonyl (C=O) groups is 1. The lowest BCUT2D eigenvalue weighted by atomic mass is 10.1. The first kappa shape index (κ1) is 22.6. The highest BCUT2D eigenvalue weighted by Gasteiger charge is 2.31. The molecule has 2 saturated heterocycles. The second-order valence-electron chi connectivity index (χ2n) is 7.87. The molecule has 0 spiro atoms. The van der Waals surface area contributed by atoms with E-state index in [0.29, 0.717) is 45.8 Å². The number of amides is 1. The van der Waals surface area contributed by atoms with Crippen molar-refractivity contribution in [2.24, 2.45) is 0 Å². The molecule has 31 heavy (non-hydrogen) atoms. The third kappa shape index (κ3) is 4.93. The third-order valence-corrected chi connectivity index (χ3v) is 8.48. The normalized spacial score (nSPS) is 19.0. The molecule has 3 heterocycles. The van der Waals surface area contributed by atoms with Crippen LogP contribution in [0.4, 0.5) is 0 Å². The van der Waals surface area contributed by atoms with Gasteiger partial charge >= 0.3 is 0 Å². The highest BCUT2D eigenvalue weighted by molar-refractivity contribution is 7.89. The van der Waals surface area contributed by atoms with E-state index < -0.39 is 10.0 Å². The van der Waals surface area contributed by atoms with Crippen molar-refractivity contribution in [3.05, 3.63) is 51.9 Å². The van der Waals surface area contributed by atoms with Crippen molar-refractivity contribution < 1.29 is 17.6 Å². The molecular weight excluding hydrogens is 461 g/mol. The monoisotopic (exact) mass is 485 g/mol. The molecule has 4 rings (SSSR count). The first-order valence-electron chi connectivity index (χ1n) is 10.4. The van der Waals surface area contributed by atoms with Gasteiger partial charge in [0.05, 0.1) is 28.4 Å². The van der Waals surface area contributed by atoms with Gasteiger partial charge in [-0.3, -0.25) is 9.69 Å². The standard InChI is InChI=1S/C21H25Cl2N3O4S/c22-18-14-19(23)20(31(28,29)26-6-2-1-3-7-26)13-17(18)21(27)25-10-8-24(9-11-25)15-16-5-4-12-30-16/h4-5,12-14H,1-3,6-11,15H2. The molecule has 2 aliphatic heterocycles. The Hall–Kier alpha value is -1.58. The molecule has 2 aliphatic rings. The second kappa shape index (κ2) is 9.50. The van der Waals surface area contributed by atoms with Crippen LogP contribution in [0.1, 0.15) is 35.4 Å². The molecule has 0 bridgehead atoms. The number of sulfonamides is 1. The van der Waals surface area contributed by atoms with E-state index in [1.807, 2.05) is 12.1 Å². The number of carbonyl (C=O) groups excluding carboxylic acids is 1. The number of benzene rings is 1. The number of halogens is 2. The summed E-state index contributed by atoms with van der Waals surface area (Å²) >= 11 is 12.6. The Morgan fingerprint density at radius 2 is 1.68 bits per heavy atom. The van der Waals surface area contributed by atoms with E-state index in [4.69, 9.17) is 27.6 Å². The van der Waals surface area contributed by atoms with Crippen LogP contribution in [0.5, 0.6) is 0 Å². The molecule has 2 fully saturated rings. The van der Waals surface area contributed by atoms with Crippen LogP contribution in [0, 0.1) is 0 Å². The Labute approximate surface area is 192 Å². The van der Waals surface area contributed by atoms with Crippen LogP contribution in [0.3, 0.4) is 0 Å². The number of piperazine rings is 1. The predicted octanol–water partition coefficient (Wildman–Crippen LogP) is 3.72. The van der Waals surface area contributed by atoms with Gasteiger partial charge in [-0.2, -0.15) is 4.31 Å². The molecule has 0 N–H and O–H groups in total. The van der Waals surface area contributed by atoms with Gasteiger partial charge in [0.2, 0.25) is 10.0 Å². The van der Waals surface area contributed by atoms with Gasteiger partial charge in [0.25, 0.3) is 5.91 Å². The average molecular weight is 486 g/mol. The summed E-state index contributed by atoms with van der Waals surface area (Å²) < 4.78 is 33.1. The lowest BCUT2D eigenvalue weighted by Crippen LogP contribution is -2.48. The topological polar surface area (TPSA) is 74.1 Å². The molecule has 1 aromatic carbocycles. The van der Waals surface area contributed by atoms with Gasteiger partial charge in [0.1, 0.15) is 10.7 Å². The highest BCUT2D eigenvalue weighted by Crippen LogP contribution is 2.32. The number of nitrogens with zero attached hydrogens (tertiary/aromatic N) is 3. The molecule has 0 saturated carbocycles. The van der Waals surface area contributed by atoms with Gasteiger partial charge in [0, 0.05) is 39.3 Å². The van der Waals surface area contributed by atoms with Gasteiger partial charge < -0.3 is 9.32 Å². The maximum atomic E-state index is 13.2. The van der Waals surface area contributed by atoms with Gasteiger partial charge in [-0.25, -0.2) is 8.42 Å². The molecule has 0 aliphatic carbocycles. The van der Waals surface area contributed by atoms with Crippen molar-refractivity contribution in [3.63, 3.8) is 0 Å². The number of hydrogen-bond acceptors (Lipinski definition) is 5. The molecule has 0 radical (unpaired) electrons. The average Bonchev–Trinajstić information content (AvgIpc) is 3.27. The summed E-state index contributed by atoms with van der Waals surface area (Å²) in [5, 5.41) is 0.195. The minimum atomic E-state index is -3.78. The molecule has 1 aromatic heterocycles. The Morgan fingerprint density at radius 1 is 0.968 bits per heavy atom. The van der Waals surface area contributed by atoms with E-state index in [2.05, 4.69) is 4.90 Å². The molecule has 0 atom stereocenters. The van der Waals surface area contributed by atoms with Crippen LogP contribution in [-0.4, -0.2) is 67.7 Å². The van der Waals surface area contributed by atoms with Crippen LogP contribution in [0.25, 0.3) is 0 Å². The van der Waals surface area contributed by atoms with Crippen LogP contribution < -0.4 is 0 Å². The van der Waals surface area contributed by atoms with Crippen molar-refractivity contribution in [2.75, 3.05) is 39.3 Å². The van der Waals surface area contributed by atoms with Gasteiger partial charge in [0.15, 0.2) is 0 Å². The van der Waals surface area contributed by atoms with E-state index in [1.54, 1.807) is 11.2 Å². The Balaban J connectivity index is 1.50. The maximum absolute atomic E-state index is 13.2. The van der Waals surface area contributed by atoms with Gasteiger partial charge in [-0.1, -0.05) is 29.6 Å². The fourth-order valence-corrected chi connectivity index (χ4v) is 6.38. The Kier molecular flexibility index (Phi) is 6.93. The first-order chi connectivity index (χ1) is 14.9. The SMILES string of the molecule is O=C(c1cc(S(=O)(=O)N2CCCCC2)c(Cl)cc1Cl)N1CCN(Cc2ccco2)CC1. The van der Waals surface area contributed by atoms with Crippen molar-refractivity contribution >= 4 is 39.1 Å². The van der Waals surface area contributed by atoms with Crippen molar-refractivity contribution in [3.8, 4) is 0 Å². The smallest absolute Gasteiger partial charge is 0.255 e. The number of piperidine rings is 1. The second-order valence-corrected chi connectivity index (χ2v) is 10.6. The molecule has 10 heteroatoms. The molecule has 7 nitrogen and oxygen atoms in total. The summed E-state index contributed by atoms with van der Waals surface area (Å²) in [6.07, 6.45) is 4.29. The third-order valence-electron chi connectivity index (χ3n) is 5.80. The zero-order valence-corrected chi connectivity index (χ0v) is 19.4. The summed E-state index contributed by atoms with van der Waals surface area (Å²) in [5.74, 6) is 0.600. The largest absolute Gasteiger partial charge is 0.468 e. The van der Waals surface area contributed by atoms with Gasteiger partial charge in [-0.15, -0.1) is 0 Å². The van der Waals surface area contributed by atoms with E-state index >= 15 is 0 Å². The minimum absolute atomic E-state index is 0.0374. The fourth-order valence-electron chi connectivity index (χ4n) is 4.04. The summed E-state index contributed by atoms with van der Waals surface area (Å²) in [6.45, 7) is 4.03. The number of rotatable bonds is 5. The minimum Gasteiger partial charge on any atom is -0.468 e. The van der Waals surface area contributed by atoms with Crippen molar-refractivity contribution in [1.29, 1.82) is 0 Å². The molecular formula is C21H25Cl2N3O4S. The van der Waals surface area contributed by atoms with Crippen LogP contribution in [0.15, 0.2) is 39.8 Å². The molecule has 2 aromatic rings. The van der Waals surface area contributed by atoms with Gasteiger partial charge in [-0.05, 0) is 37.1 Å². The molecule has 0 unspecified atom stereocenters. The zero-order chi connectivity index (χ0) is 22.0. The summed E-state index contributed by atoms with van der Waals surface area (Å²) in [6, 6.07) is 6.48. The van der Waals surface area contributed by atoms with Crippen LogP contribution in [-0.2, 0) is 16.6 Å². The summed E-state index contributed by atoms with van der Waals surface area (Å²) in [4.78, 5) is 17.0. The molecule has 168 valence electrons. The first-order valence-corrected chi connectivity index (χ1v) is 12.6. The van der Waals surface area contributed by atoms with Crippen LogP contribution >= 0.6 is 23.2 Å². The van der Waals surface area contributed by atoms with E-state index in [9.17, 15) is 13.2 Å². The maximum Gasteiger partial charge on any atom is 0.255 e. The van der Waals surface area contributed by atoms with E-state index in [1.165, 1.54) is 16.4 Å². The van der Waals surface area contributed by atoms with E-state index in [-0.39, 0.29) is 26.4 Å². The Morgan fingerprint density at radius 3 is 2.32 bits per heavy atom. The van der Waals surface area contributed by atoms with Crippen molar-refractivity contribution in [1.82, 2.24) is 14.1 Å².